The number of rotatable bonds is 6. The third kappa shape index (κ3) is 4.85. The van der Waals surface area contributed by atoms with Crippen LogP contribution >= 0.6 is 0 Å². The van der Waals surface area contributed by atoms with Crippen LogP contribution in [0.4, 0.5) is 13.2 Å². The molecule has 1 aromatic carbocycles. The molecule has 226 valence electrons. The molecular formula is C31H33F3N6O3. The van der Waals surface area contributed by atoms with Crippen molar-refractivity contribution in [3.05, 3.63) is 82.1 Å². The summed E-state index contributed by atoms with van der Waals surface area (Å²) in [5.74, 6) is 1.02. The Labute approximate surface area is 245 Å². The van der Waals surface area contributed by atoms with E-state index in [1.165, 1.54) is 17.0 Å². The maximum absolute atomic E-state index is 14.4. The Hall–Kier alpha value is -3.93. The molecule has 12 heteroatoms. The second-order valence-electron chi connectivity index (χ2n) is 12.3. The average molecular weight is 595 g/mol. The van der Waals surface area contributed by atoms with Crippen LogP contribution in [0.2, 0.25) is 0 Å². The number of halogens is 3. The van der Waals surface area contributed by atoms with Gasteiger partial charge in [0.1, 0.15) is 12.2 Å². The zero-order valence-electron chi connectivity index (χ0n) is 23.9. The molecule has 1 spiro atoms. The molecule has 2 saturated heterocycles. The van der Waals surface area contributed by atoms with Gasteiger partial charge < -0.3 is 9.30 Å². The number of esters is 1. The lowest BCUT2D eigenvalue weighted by Crippen LogP contribution is -2.42. The van der Waals surface area contributed by atoms with Crippen molar-refractivity contribution in [2.45, 2.75) is 57.2 Å². The van der Waals surface area contributed by atoms with Crippen LogP contribution in [-0.4, -0.2) is 54.3 Å². The fraction of sp³-hybridized carbons (Fsp3) is 0.484. The van der Waals surface area contributed by atoms with E-state index in [4.69, 9.17) is 4.74 Å². The van der Waals surface area contributed by atoms with Gasteiger partial charge in [0, 0.05) is 31.9 Å². The highest BCUT2D eigenvalue weighted by Gasteiger charge is 2.46. The highest BCUT2D eigenvalue weighted by Crippen LogP contribution is 2.43. The Balaban J connectivity index is 1.23. The van der Waals surface area contributed by atoms with E-state index in [1.54, 1.807) is 12.4 Å². The first-order valence-electron chi connectivity index (χ1n) is 14.8. The Morgan fingerprint density at radius 3 is 2.51 bits per heavy atom. The summed E-state index contributed by atoms with van der Waals surface area (Å²) in [7, 11) is 1.90. The molecule has 5 heterocycles. The number of hydrogen-bond acceptors (Lipinski definition) is 6. The lowest BCUT2D eigenvalue weighted by Gasteiger charge is -2.36. The van der Waals surface area contributed by atoms with E-state index in [0.29, 0.717) is 56.1 Å². The number of piperidine rings is 1. The van der Waals surface area contributed by atoms with Crippen molar-refractivity contribution in [3.63, 3.8) is 0 Å². The van der Waals surface area contributed by atoms with Crippen molar-refractivity contribution in [2.24, 2.45) is 18.4 Å². The smallest absolute Gasteiger partial charge is 0.418 e. The van der Waals surface area contributed by atoms with Crippen molar-refractivity contribution in [1.29, 1.82) is 0 Å². The van der Waals surface area contributed by atoms with Crippen LogP contribution < -0.4 is 5.69 Å². The second kappa shape index (κ2) is 10.4. The van der Waals surface area contributed by atoms with Crippen LogP contribution in [0.15, 0.2) is 53.8 Å². The third-order valence-corrected chi connectivity index (χ3v) is 9.75. The average Bonchev–Trinajstić information content (AvgIpc) is 3.64. The van der Waals surface area contributed by atoms with E-state index >= 15 is 0 Å². The third-order valence-electron chi connectivity index (χ3n) is 9.75. The van der Waals surface area contributed by atoms with Crippen LogP contribution in [0.1, 0.15) is 67.0 Å². The van der Waals surface area contributed by atoms with Crippen molar-refractivity contribution < 1.29 is 22.7 Å². The zero-order chi connectivity index (χ0) is 29.9. The molecule has 1 aliphatic carbocycles. The summed E-state index contributed by atoms with van der Waals surface area (Å²) in [5.41, 5.74) is -0.234. The number of pyridine rings is 1. The van der Waals surface area contributed by atoms with E-state index in [-0.39, 0.29) is 23.9 Å². The number of aryl methyl sites for hydroxylation is 1. The van der Waals surface area contributed by atoms with E-state index in [9.17, 15) is 22.8 Å². The molecule has 0 unspecified atom stereocenters. The van der Waals surface area contributed by atoms with E-state index < -0.39 is 22.8 Å². The highest BCUT2D eigenvalue weighted by atomic mass is 19.4. The lowest BCUT2D eigenvalue weighted by molar-refractivity contribution is -0.148. The number of aromatic nitrogens is 5. The van der Waals surface area contributed by atoms with Gasteiger partial charge in [-0.3, -0.25) is 18.7 Å². The minimum Gasteiger partial charge on any atom is -0.465 e. The van der Waals surface area contributed by atoms with Crippen molar-refractivity contribution in [1.82, 2.24) is 28.6 Å². The molecule has 4 aromatic rings. The monoisotopic (exact) mass is 594 g/mol. The van der Waals surface area contributed by atoms with Gasteiger partial charge in [-0.25, -0.2) is 4.79 Å². The minimum absolute atomic E-state index is 0.0268. The fourth-order valence-corrected chi connectivity index (χ4v) is 7.04. The number of fused-ring (bicyclic) bond motifs is 1. The van der Waals surface area contributed by atoms with Crippen molar-refractivity contribution in [2.75, 3.05) is 19.7 Å². The molecule has 3 fully saturated rings. The normalized spacial score (nSPS) is 20.0. The van der Waals surface area contributed by atoms with Gasteiger partial charge in [0.15, 0.2) is 0 Å². The molecule has 3 aromatic heterocycles. The standard InChI is InChI=1S/C31H33F3N6O3/c1-37-19-35-36-27(37)26(21-4-2-5-21)22-6-3-7-23(15-22)39-18-25-24(31(32,33)34)14-20(17-40(25)29(39)42)16-38-11-8-30(9-12-38)10-13-43-28(30)41/h3,6-7,14-15,17-19,21,26H,2,4-5,8-13,16H2,1H3/t26-/m1/s1. The molecule has 7 rings (SSSR count). The van der Waals surface area contributed by atoms with Crippen LogP contribution in [0.25, 0.3) is 11.2 Å². The number of benzene rings is 1. The summed E-state index contributed by atoms with van der Waals surface area (Å²) >= 11 is 0. The van der Waals surface area contributed by atoms with Gasteiger partial charge in [-0.05, 0) is 80.4 Å². The van der Waals surface area contributed by atoms with Crippen molar-refractivity contribution in [3.8, 4) is 5.69 Å². The largest absolute Gasteiger partial charge is 0.465 e. The second-order valence-corrected chi connectivity index (χ2v) is 12.3. The number of imidazole rings is 1. The summed E-state index contributed by atoms with van der Waals surface area (Å²) in [6.45, 7) is 1.82. The Bertz CT molecular complexity index is 1740. The van der Waals surface area contributed by atoms with Crippen LogP contribution in [0.5, 0.6) is 0 Å². The maximum atomic E-state index is 14.4. The molecule has 0 bridgehead atoms. The van der Waals surface area contributed by atoms with Crippen LogP contribution in [0, 0.1) is 11.3 Å². The summed E-state index contributed by atoms with van der Waals surface area (Å²) in [6, 6.07) is 8.58. The summed E-state index contributed by atoms with van der Waals surface area (Å²) in [4.78, 5) is 28.0. The topological polar surface area (TPSA) is 86.7 Å². The first kappa shape index (κ1) is 27.9. The molecular weight excluding hydrogens is 561 g/mol. The van der Waals surface area contributed by atoms with Crippen LogP contribution in [-0.2, 0) is 29.3 Å². The molecule has 1 atom stereocenters. The number of nitrogens with zero attached hydrogens (tertiary/aromatic N) is 6. The molecule has 3 aliphatic rings. The van der Waals surface area contributed by atoms with Gasteiger partial charge >= 0.3 is 17.8 Å². The minimum atomic E-state index is -4.65. The summed E-state index contributed by atoms with van der Waals surface area (Å²) in [5, 5.41) is 8.42. The molecule has 9 nitrogen and oxygen atoms in total. The molecule has 0 radical (unpaired) electrons. The van der Waals surface area contributed by atoms with Crippen molar-refractivity contribution >= 4 is 11.5 Å². The van der Waals surface area contributed by atoms with Gasteiger partial charge in [0.25, 0.3) is 0 Å². The van der Waals surface area contributed by atoms with Gasteiger partial charge in [0.05, 0.1) is 28.8 Å². The van der Waals surface area contributed by atoms with E-state index in [0.717, 1.165) is 41.1 Å². The van der Waals surface area contributed by atoms with Crippen LogP contribution in [0.3, 0.4) is 0 Å². The summed E-state index contributed by atoms with van der Waals surface area (Å²) < 4.78 is 52.6. The predicted molar refractivity (Wildman–Crippen MR) is 151 cm³/mol. The molecule has 0 amide bonds. The lowest BCUT2D eigenvalue weighted by atomic mass is 9.72. The number of carbonyl (C=O) groups excluding carboxylic acids is 1. The molecule has 0 N–H and O–H groups in total. The van der Waals surface area contributed by atoms with Gasteiger partial charge in [-0.1, -0.05) is 18.6 Å². The number of ether oxygens (including phenoxy) is 1. The molecule has 1 saturated carbocycles. The van der Waals surface area contributed by atoms with Gasteiger partial charge in [-0.15, -0.1) is 10.2 Å². The van der Waals surface area contributed by atoms with E-state index in [2.05, 4.69) is 10.2 Å². The highest BCUT2D eigenvalue weighted by molar-refractivity contribution is 5.78. The molecule has 2 aliphatic heterocycles. The van der Waals surface area contributed by atoms with Gasteiger partial charge in [0.2, 0.25) is 0 Å². The van der Waals surface area contributed by atoms with Gasteiger partial charge in [-0.2, -0.15) is 13.2 Å². The first-order valence-corrected chi connectivity index (χ1v) is 14.8. The Morgan fingerprint density at radius 1 is 1.09 bits per heavy atom. The SMILES string of the molecule is Cn1cnnc1[C@@H](c1cccc(-n2cc3c(C(F)(F)F)cc(CN4CCC5(CCOC5=O)CC4)cn3c2=O)c1)C1CCC1. The zero-order valence-corrected chi connectivity index (χ0v) is 23.9. The number of alkyl halides is 3. The molecule has 43 heavy (non-hydrogen) atoms. The maximum Gasteiger partial charge on any atom is 0.418 e. The first-order chi connectivity index (χ1) is 20.6. The Kier molecular flexibility index (Phi) is 6.71. The number of cyclic esters (lactones) is 1. The predicted octanol–water partition coefficient (Wildman–Crippen LogP) is 4.70. The summed E-state index contributed by atoms with van der Waals surface area (Å²) in [6.07, 6.45) is 4.97. The number of carbonyl (C=O) groups is 1. The van der Waals surface area contributed by atoms with E-state index in [1.807, 2.05) is 34.7 Å². The Morgan fingerprint density at radius 2 is 1.88 bits per heavy atom. The number of likely N-dealkylation sites (tertiary alicyclic amines) is 1. The number of hydrogen-bond donors (Lipinski definition) is 0. The fourth-order valence-electron chi connectivity index (χ4n) is 7.04. The quantitative estimate of drug-likeness (QED) is 0.301.